The molecular formula is C21H19BrFN3O4S. The average molecular weight is 508 g/mol. The van der Waals surface area contributed by atoms with Crippen molar-refractivity contribution in [1.82, 2.24) is 5.32 Å². The molecule has 10 heteroatoms. The third-order valence-electron chi connectivity index (χ3n) is 4.42. The Hall–Kier alpha value is -2.72. The summed E-state index contributed by atoms with van der Waals surface area (Å²) in [5.74, 6) is -2.16. The Morgan fingerprint density at radius 2 is 2.06 bits per heavy atom. The van der Waals surface area contributed by atoms with Crippen molar-refractivity contribution in [2.75, 3.05) is 18.1 Å². The second kappa shape index (κ2) is 10.1. The highest BCUT2D eigenvalue weighted by atomic mass is 79.9. The summed E-state index contributed by atoms with van der Waals surface area (Å²) in [5.41, 5.74) is 0.897. The van der Waals surface area contributed by atoms with E-state index >= 15 is 0 Å². The maximum Gasteiger partial charge on any atom is 0.326 e. The van der Waals surface area contributed by atoms with Gasteiger partial charge in [-0.1, -0.05) is 39.8 Å². The smallest absolute Gasteiger partial charge is 0.326 e. The summed E-state index contributed by atoms with van der Waals surface area (Å²) < 4.78 is 20.0. The molecule has 7 nitrogen and oxygen atoms in total. The van der Waals surface area contributed by atoms with Gasteiger partial charge < -0.3 is 10.1 Å². The summed E-state index contributed by atoms with van der Waals surface area (Å²) >= 11 is 4.29. The molecule has 0 saturated carbocycles. The molecule has 0 aliphatic carbocycles. The first kappa shape index (κ1) is 23.0. The number of hydrogen-bond donors (Lipinski definition) is 2. The fraction of sp³-hybridized carbons (Fsp3) is 0.238. The van der Waals surface area contributed by atoms with E-state index in [0.29, 0.717) is 16.5 Å². The molecule has 31 heavy (non-hydrogen) atoms. The van der Waals surface area contributed by atoms with Crippen LogP contribution in [0.5, 0.6) is 0 Å². The molecule has 1 aliphatic heterocycles. The molecule has 0 aromatic heterocycles. The monoisotopic (exact) mass is 507 g/mol. The number of anilines is 1. The van der Waals surface area contributed by atoms with Crippen molar-refractivity contribution in [3.63, 3.8) is 0 Å². The highest BCUT2D eigenvalue weighted by Gasteiger charge is 2.30. The van der Waals surface area contributed by atoms with Gasteiger partial charge in [0, 0.05) is 10.0 Å². The Morgan fingerprint density at radius 1 is 1.29 bits per heavy atom. The number of esters is 1. The van der Waals surface area contributed by atoms with Gasteiger partial charge in [0.1, 0.15) is 12.4 Å². The van der Waals surface area contributed by atoms with Gasteiger partial charge in [-0.3, -0.25) is 24.7 Å². The van der Waals surface area contributed by atoms with E-state index in [1.165, 1.54) is 12.1 Å². The number of halogens is 2. The maximum absolute atomic E-state index is 14.6. The molecule has 2 aromatic carbocycles. The maximum atomic E-state index is 14.6. The zero-order chi connectivity index (χ0) is 22.5. The Morgan fingerprint density at radius 3 is 2.71 bits per heavy atom. The number of rotatable bonds is 7. The molecule has 1 saturated heterocycles. The van der Waals surface area contributed by atoms with E-state index in [1.54, 1.807) is 37.3 Å². The van der Waals surface area contributed by atoms with Crippen molar-refractivity contribution in [1.29, 1.82) is 5.41 Å². The predicted molar refractivity (Wildman–Crippen MR) is 120 cm³/mol. The first-order chi connectivity index (χ1) is 14.8. The molecule has 0 radical (unpaired) electrons. The van der Waals surface area contributed by atoms with Gasteiger partial charge >= 0.3 is 5.97 Å². The van der Waals surface area contributed by atoms with Gasteiger partial charge in [0.2, 0.25) is 5.91 Å². The standard InChI is InChI=1S/C21H19BrFN3O4S/c1-2-30-18(27)11-26(16-7-6-14(22)10-15(16)23)20(29)13-5-3-4-12(8-13)9-17-19(28)25-21(24)31-17/h3-8,10,17H,2,9,11H2,1H3,(H2,24,25,28). The summed E-state index contributed by atoms with van der Waals surface area (Å²) in [7, 11) is 0. The molecule has 162 valence electrons. The number of carbonyl (C=O) groups is 3. The molecule has 0 bridgehead atoms. The Kier molecular flexibility index (Phi) is 7.45. The summed E-state index contributed by atoms with van der Waals surface area (Å²) in [4.78, 5) is 38.3. The van der Waals surface area contributed by atoms with E-state index in [2.05, 4.69) is 21.2 Å². The number of thioether (sulfide) groups is 1. The van der Waals surface area contributed by atoms with E-state index in [9.17, 15) is 18.8 Å². The number of amides is 2. The molecule has 1 fully saturated rings. The Balaban J connectivity index is 1.89. The summed E-state index contributed by atoms with van der Waals surface area (Å²) in [6.07, 6.45) is 0.324. The van der Waals surface area contributed by atoms with Gasteiger partial charge in [0.05, 0.1) is 17.5 Å². The number of benzene rings is 2. The first-order valence-corrected chi connectivity index (χ1v) is 11.0. The lowest BCUT2D eigenvalue weighted by atomic mass is 10.0. The van der Waals surface area contributed by atoms with Crippen LogP contribution in [0.1, 0.15) is 22.8 Å². The Bertz CT molecular complexity index is 1050. The molecule has 0 spiro atoms. The minimum absolute atomic E-state index is 0.0502. The molecule has 1 atom stereocenters. The molecule has 2 aromatic rings. The van der Waals surface area contributed by atoms with Crippen molar-refractivity contribution in [2.24, 2.45) is 0 Å². The van der Waals surface area contributed by atoms with E-state index < -0.39 is 29.5 Å². The second-order valence-corrected chi connectivity index (χ2v) is 8.75. The molecule has 1 unspecified atom stereocenters. The number of ether oxygens (including phenoxy) is 1. The molecular weight excluding hydrogens is 489 g/mol. The highest BCUT2D eigenvalue weighted by Crippen LogP contribution is 2.26. The second-order valence-electron chi connectivity index (χ2n) is 6.62. The first-order valence-electron chi connectivity index (χ1n) is 9.36. The van der Waals surface area contributed by atoms with Gasteiger partial charge in [-0.25, -0.2) is 4.39 Å². The fourth-order valence-corrected chi connectivity index (χ4v) is 4.27. The van der Waals surface area contributed by atoms with Gasteiger partial charge in [-0.15, -0.1) is 0 Å². The molecule has 2 N–H and O–H groups in total. The van der Waals surface area contributed by atoms with Crippen molar-refractivity contribution < 1.29 is 23.5 Å². The van der Waals surface area contributed by atoms with Crippen LogP contribution in [-0.2, 0) is 20.7 Å². The van der Waals surface area contributed by atoms with Crippen molar-refractivity contribution >= 4 is 56.3 Å². The van der Waals surface area contributed by atoms with Gasteiger partial charge in [-0.2, -0.15) is 0 Å². The largest absolute Gasteiger partial charge is 0.465 e. The van der Waals surface area contributed by atoms with Crippen molar-refractivity contribution in [3.8, 4) is 0 Å². The van der Waals surface area contributed by atoms with Gasteiger partial charge in [-0.05, 0) is 49.2 Å². The predicted octanol–water partition coefficient (Wildman–Crippen LogP) is 3.51. The molecule has 1 aliphatic rings. The van der Waals surface area contributed by atoms with Crippen LogP contribution < -0.4 is 10.2 Å². The van der Waals surface area contributed by atoms with Crippen LogP contribution in [-0.4, -0.2) is 41.4 Å². The van der Waals surface area contributed by atoms with Crippen LogP contribution in [0.2, 0.25) is 0 Å². The van der Waals surface area contributed by atoms with E-state index in [-0.39, 0.29) is 28.9 Å². The van der Waals surface area contributed by atoms with Crippen molar-refractivity contribution in [3.05, 3.63) is 63.9 Å². The van der Waals surface area contributed by atoms with Gasteiger partial charge in [0.15, 0.2) is 5.17 Å². The third kappa shape index (κ3) is 5.71. The van der Waals surface area contributed by atoms with Crippen LogP contribution in [0, 0.1) is 11.2 Å². The quantitative estimate of drug-likeness (QED) is 0.558. The van der Waals surface area contributed by atoms with E-state index in [0.717, 1.165) is 16.7 Å². The molecule has 1 heterocycles. The third-order valence-corrected chi connectivity index (χ3v) is 5.92. The topological polar surface area (TPSA) is 99.6 Å². The highest BCUT2D eigenvalue weighted by molar-refractivity contribution is 9.10. The summed E-state index contributed by atoms with van der Waals surface area (Å²) in [5, 5.41) is 9.63. The van der Waals surface area contributed by atoms with E-state index in [1.807, 2.05) is 0 Å². The van der Waals surface area contributed by atoms with E-state index in [4.69, 9.17) is 10.1 Å². The normalized spacial score (nSPS) is 15.5. The Labute approximate surface area is 191 Å². The number of carbonyl (C=O) groups excluding carboxylic acids is 3. The minimum atomic E-state index is -0.666. The van der Waals surface area contributed by atoms with Crippen LogP contribution in [0.4, 0.5) is 10.1 Å². The minimum Gasteiger partial charge on any atom is -0.465 e. The van der Waals surface area contributed by atoms with Crippen LogP contribution in [0.3, 0.4) is 0 Å². The SMILES string of the molecule is CCOC(=O)CN(C(=O)c1cccc(CC2SC(=N)NC2=O)c1)c1ccc(Br)cc1F. The number of hydrogen-bond acceptors (Lipinski definition) is 6. The van der Waals surface area contributed by atoms with Crippen LogP contribution in [0.25, 0.3) is 0 Å². The molecule has 3 rings (SSSR count). The van der Waals surface area contributed by atoms with Gasteiger partial charge in [0.25, 0.3) is 5.91 Å². The lowest BCUT2D eigenvalue weighted by Gasteiger charge is -2.23. The van der Waals surface area contributed by atoms with Crippen molar-refractivity contribution in [2.45, 2.75) is 18.6 Å². The van der Waals surface area contributed by atoms with Crippen LogP contribution in [0.15, 0.2) is 46.9 Å². The zero-order valence-corrected chi connectivity index (χ0v) is 18.9. The van der Waals surface area contributed by atoms with Crippen LogP contribution >= 0.6 is 27.7 Å². The summed E-state index contributed by atoms with van der Waals surface area (Å²) in [6, 6.07) is 10.8. The average Bonchev–Trinajstić information content (AvgIpc) is 3.03. The number of nitrogens with one attached hydrogen (secondary N) is 2. The number of amidine groups is 1. The fourth-order valence-electron chi connectivity index (χ4n) is 3.06. The lowest BCUT2D eigenvalue weighted by Crippen LogP contribution is -2.37. The lowest BCUT2D eigenvalue weighted by molar-refractivity contribution is -0.141. The zero-order valence-electron chi connectivity index (χ0n) is 16.5. The molecule has 2 amide bonds. The number of nitrogens with zero attached hydrogens (tertiary/aromatic N) is 1. The summed E-state index contributed by atoms with van der Waals surface area (Å²) in [6.45, 7) is 1.33.